The number of carbonyl (C=O) groups excluding carboxylic acids is 1. The van der Waals surface area contributed by atoms with E-state index in [0.717, 1.165) is 23.9 Å². The van der Waals surface area contributed by atoms with Crippen LogP contribution in [0.25, 0.3) is 11.0 Å². The monoisotopic (exact) mass is 407 g/mol. The molecule has 2 heterocycles. The van der Waals surface area contributed by atoms with Crippen LogP contribution in [0.5, 0.6) is 5.75 Å². The minimum atomic E-state index is -0.266. The molecule has 0 bridgehead atoms. The minimum absolute atomic E-state index is 0.0280. The van der Waals surface area contributed by atoms with Gasteiger partial charge in [0.25, 0.3) is 5.56 Å². The van der Waals surface area contributed by atoms with E-state index >= 15 is 0 Å². The molecule has 1 aliphatic rings. The van der Waals surface area contributed by atoms with E-state index in [0.29, 0.717) is 30.3 Å². The van der Waals surface area contributed by atoms with Crippen LogP contribution >= 0.6 is 0 Å². The number of benzene rings is 2. The SMILES string of the molecule is COc1ccccc1NC(=O)NC1CCN(c2nc3ccccc3n(C)c2=O)CC1. The molecule has 1 aliphatic heterocycles. The van der Waals surface area contributed by atoms with Gasteiger partial charge in [-0.15, -0.1) is 0 Å². The number of ether oxygens (including phenoxy) is 1. The van der Waals surface area contributed by atoms with Gasteiger partial charge in [-0.25, -0.2) is 9.78 Å². The molecule has 8 nitrogen and oxygen atoms in total. The molecule has 2 aromatic carbocycles. The third-order valence-electron chi connectivity index (χ3n) is 5.45. The lowest BCUT2D eigenvalue weighted by atomic mass is 10.1. The van der Waals surface area contributed by atoms with Gasteiger partial charge >= 0.3 is 6.03 Å². The number of anilines is 2. The molecule has 30 heavy (non-hydrogen) atoms. The first-order chi connectivity index (χ1) is 14.6. The summed E-state index contributed by atoms with van der Waals surface area (Å²) < 4.78 is 6.90. The Bertz CT molecular complexity index is 1120. The number of urea groups is 1. The van der Waals surface area contributed by atoms with Crippen LogP contribution in [0.3, 0.4) is 0 Å². The zero-order valence-corrected chi connectivity index (χ0v) is 17.1. The Balaban J connectivity index is 1.40. The third-order valence-corrected chi connectivity index (χ3v) is 5.45. The lowest BCUT2D eigenvalue weighted by Gasteiger charge is -2.33. The van der Waals surface area contributed by atoms with Crippen LogP contribution in [0.15, 0.2) is 53.3 Å². The number of nitrogens with zero attached hydrogens (tertiary/aromatic N) is 3. The molecule has 1 aromatic heterocycles. The summed E-state index contributed by atoms with van der Waals surface area (Å²) in [6.07, 6.45) is 1.47. The van der Waals surface area contributed by atoms with Crippen molar-refractivity contribution in [2.75, 3.05) is 30.4 Å². The fourth-order valence-electron chi connectivity index (χ4n) is 3.80. The van der Waals surface area contributed by atoms with Gasteiger partial charge in [0.05, 0.1) is 23.8 Å². The van der Waals surface area contributed by atoms with E-state index in [-0.39, 0.29) is 17.6 Å². The topological polar surface area (TPSA) is 88.5 Å². The Kier molecular flexibility index (Phi) is 5.56. The van der Waals surface area contributed by atoms with E-state index in [2.05, 4.69) is 15.6 Å². The standard InChI is InChI=1S/C22H25N5O3/c1-26-18-9-5-3-7-16(18)24-20(21(26)28)27-13-11-15(12-14-27)23-22(29)25-17-8-4-6-10-19(17)30-2/h3-10,15H,11-14H2,1-2H3,(H2,23,25,29). The molecule has 0 atom stereocenters. The number of aromatic nitrogens is 2. The van der Waals surface area contributed by atoms with Crippen molar-refractivity contribution in [3.63, 3.8) is 0 Å². The summed E-state index contributed by atoms with van der Waals surface area (Å²) in [5, 5.41) is 5.84. The van der Waals surface area contributed by atoms with Crippen LogP contribution in [0.2, 0.25) is 0 Å². The van der Waals surface area contributed by atoms with E-state index < -0.39 is 0 Å². The van der Waals surface area contributed by atoms with Crippen LogP contribution in [-0.4, -0.2) is 41.8 Å². The Morgan fingerprint density at radius 2 is 1.80 bits per heavy atom. The Labute approximate surface area is 174 Å². The predicted octanol–water partition coefficient (Wildman–Crippen LogP) is 2.73. The molecular formula is C22H25N5O3. The summed E-state index contributed by atoms with van der Waals surface area (Å²) in [5.74, 6) is 1.08. The van der Waals surface area contributed by atoms with Crippen molar-refractivity contribution in [2.24, 2.45) is 7.05 Å². The van der Waals surface area contributed by atoms with Crippen molar-refractivity contribution in [1.82, 2.24) is 14.9 Å². The van der Waals surface area contributed by atoms with Crippen LogP contribution in [-0.2, 0) is 7.05 Å². The molecule has 1 fully saturated rings. The van der Waals surface area contributed by atoms with Gasteiger partial charge < -0.3 is 24.8 Å². The highest BCUT2D eigenvalue weighted by molar-refractivity contribution is 5.91. The van der Waals surface area contributed by atoms with Gasteiger partial charge in [0.1, 0.15) is 5.75 Å². The second-order valence-corrected chi connectivity index (χ2v) is 7.35. The van der Waals surface area contributed by atoms with Crippen LogP contribution in [0.4, 0.5) is 16.3 Å². The average Bonchev–Trinajstić information content (AvgIpc) is 2.77. The molecule has 0 aliphatic carbocycles. The zero-order chi connectivity index (χ0) is 21.1. The van der Waals surface area contributed by atoms with Gasteiger partial charge in [0, 0.05) is 26.2 Å². The first-order valence-corrected chi connectivity index (χ1v) is 9.98. The number of nitrogens with one attached hydrogen (secondary N) is 2. The molecule has 156 valence electrons. The second-order valence-electron chi connectivity index (χ2n) is 7.35. The number of para-hydroxylation sites is 4. The Morgan fingerprint density at radius 1 is 1.10 bits per heavy atom. The van der Waals surface area contributed by atoms with Gasteiger partial charge in [-0.2, -0.15) is 0 Å². The fourth-order valence-corrected chi connectivity index (χ4v) is 3.80. The van der Waals surface area contributed by atoms with Gasteiger partial charge in [-0.3, -0.25) is 4.79 Å². The van der Waals surface area contributed by atoms with Crippen molar-refractivity contribution in [3.8, 4) is 5.75 Å². The molecule has 2 N–H and O–H groups in total. The molecule has 0 radical (unpaired) electrons. The quantitative estimate of drug-likeness (QED) is 0.694. The van der Waals surface area contributed by atoms with E-state index in [9.17, 15) is 9.59 Å². The number of fused-ring (bicyclic) bond motifs is 1. The van der Waals surface area contributed by atoms with E-state index in [1.807, 2.05) is 41.3 Å². The van der Waals surface area contributed by atoms with Gasteiger partial charge in [0.2, 0.25) is 0 Å². The highest BCUT2D eigenvalue weighted by Gasteiger charge is 2.24. The number of hydrogen-bond acceptors (Lipinski definition) is 5. The number of piperidine rings is 1. The summed E-state index contributed by atoms with van der Waals surface area (Å²) in [7, 11) is 3.34. The second kappa shape index (κ2) is 8.44. The molecular weight excluding hydrogens is 382 g/mol. The van der Waals surface area contributed by atoms with Crippen LogP contribution in [0, 0.1) is 0 Å². The minimum Gasteiger partial charge on any atom is -0.495 e. The van der Waals surface area contributed by atoms with E-state index in [4.69, 9.17) is 4.74 Å². The number of aryl methyl sites for hydroxylation is 1. The maximum absolute atomic E-state index is 12.8. The third kappa shape index (κ3) is 3.94. The molecule has 3 aromatic rings. The summed E-state index contributed by atoms with van der Waals surface area (Å²) in [6, 6.07) is 14.7. The number of amides is 2. The van der Waals surface area contributed by atoms with Crippen molar-refractivity contribution in [2.45, 2.75) is 18.9 Å². The van der Waals surface area contributed by atoms with Crippen molar-refractivity contribution >= 4 is 28.6 Å². The molecule has 0 spiro atoms. The highest BCUT2D eigenvalue weighted by atomic mass is 16.5. The fraction of sp³-hybridized carbons (Fsp3) is 0.318. The van der Waals surface area contributed by atoms with Gasteiger partial charge in [-0.05, 0) is 37.1 Å². The van der Waals surface area contributed by atoms with Gasteiger partial charge in [-0.1, -0.05) is 24.3 Å². The maximum atomic E-state index is 12.8. The summed E-state index contributed by atoms with van der Waals surface area (Å²) in [5.41, 5.74) is 2.13. The Morgan fingerprint density at radius 3 is 2.57 bits per heavy atom. The normalized spacial score (nSPS) is 14.5. The smallest absolute Gasteiger partial charge is 0.319 e. The Hall–Kier alpha value is -3.55. The highest BCUT2D eigenvalue weighted by Crippen LogP contribution is 2.23. The van der Waals surface area contributed by atoms with Gasteiger partial charge in [0.15, 0.2) is 5.82 Å². The number of methoxy groups -OCH3 is 1. The maximum Gasteiger partial charge on any atom is 0.319 e. The zero-order valence-electron chi connectivity index (χ0n) is 17.1. The predicted molar refractivity (Wildman–Crippen MR) is 117 cm³/mol. The molecule has 2 amide bonds. The molecule has 1 saturated heterocycles. The van der Waals surface area contributed by atoms with E-state index in [1.54, 1.807) is 30.9 Å². The first-order valence-electron chi connectivity index (χ1n) is 9.98. The number of carbonyl (C=O) groups is 1. The summed E-state index contributed by atoms with van der Waals surface area (Å²) >= 11 is 0. The average molecular weight is 407 g/mol. The lowest BCUT2D eigenvalue weighted by molar-refractivity contribution is 0.246. The van der Waals surface area contributed by atoms with E-state index in [1.165, 1.54) is 0 Å². The molecule has 0 unspecified atom stereocenters. The van der Waals surface area contributed by atoms with Crippen LogP contribution in [0.1, 0.15) is 12.8 Å². The van der Waals surface area contributed by atoms with Crippen molar-refractivity contribution < 1.29 is 9.53 Å². The summed E-state index contributed by atoms with van der Waals surface area (Å²) in [4.78, 5) is 31.8. The largest absolute Gasteiger partial charge is 0.495 e. The van der Waals surface area contributed by atoms with Crippen molar-refractivity contribution in [1.29, 1.82) is 0 Å². The number of rotatable bonds is 4. The molecule has 0 saturated carbocycles. The first kappa shape index (κ1) is 19.8. The van der Waals surface area contributed by atoms with Crippen LogP contribution < -0.4 is 25.8 Å². The molecule has 8 heteroatoms. The number of hydrogen-bond donors (Lipinski definition) is 2. The molecule has 4 rings (SSSR count). The lowest BCUT2D eigenvalue weighted by Crippen LogP contribution is -2.47. The summed E-state index contributed by atoms with van der Waals surface area (Å²) in [6.45, 7) is 1.31. The van der Waals surface area contributed by atoms with Crippen molar-refractivity contribution in [3.05, 3.63) is 58.9 Å².